The van der Waals surface area contributed by atoms with Gasteiger partial charge in [0.2, 0.25) is 10.0 Å². The highest BCUT2D eigenvalue weighted by Crippen LogP contribution is 2.32. The Kier molecular flexibility index (Phi) is 8.47. The molecule has 0 bridgehead atoms. The van der Waals surface area contributed by atoms with E-state index in [9.17, 15) is 23.3 Å². The van der Waals surface area contributed by atoms with Gasteiger partial charge in [0.15, 0.2) is 0 Å². The number of aromatic nitrogens is 2. The normalized spacial score (nSPS) is 15.3. The largest absolute Gasteiger partial charge is 0.274 e. The first kappa shape index (κ1) is 28.7. The lowest BCUT2D eigenvalue weighted by Crippen LogP contribution is -2.43. The van der Waals surface area contributed by atoms with Gasteiger partial charge in [-0.3, -0.25) is 14.5 Å². The Hall–Kier alpha value is -4.33. The smallest absolute Gasteiger partial charge is 0.271 e. The maximum Gasteiger partial charge on any atom is 0.271 e. The molecule has 2 amide bonds. The van der Waals surface area contributed by atoms with E-state index in [0.29, 0.717) is 28.8 Å². The predicted molar refractivity (Wildman–Crippen MR) is 152 cm³/mol. The van der Waals surface area contributed by atoms with Crippen molar-refractivity contribution >= 4 is 27.9 Å². The fourth-order valence-corrected chi connectivity index (χ4v) is 5.40. The third kappa shape index (κ3) is 5.52. The maximum atomic E-state index is 13.6. The summed E-state index contributed by atoms with van der Waals surface area (Å²) in [5.74, 6) is -1.06. The summed E-state index contributed by atoms with van der Waals surface area (Å²) < 4.78 is 28.5. The average molecular weight is 558 g/mol. The Morgan fingerprint density at radius 2 is 1.75 bits per heavy atom. The molecular formula is C30H31N5O4S. The van der Waals surface area contributed by atoms with Crippen molar-refractivity contribution in [3.8, 4) is 23.0 Å². The second kappa shape index (κ2) is 11.8. The number of nitriles is 1. The number of nitrogens with zero attached hydrogens (tertiary/aromatic N) is 5. The Morgan fingerprint density at radius 3 is 2.40 bits per heavy atom. The standard InChI is InChI=1S/C30H31N5O4S/c1-5-6-10-16-34-29(36)26(21(2)27(19-31)30(34)37)18-23-20-35(24-13-8-7-9-14-24)32-28(23)22-12-11-15-25(17-22)40(38,39)33(3)4/h7-9,11-15,17-18,20H,5-6,10,16H2,1-4H3/b26-18+. The van der Waals surface area contributed by atoms with Gasteiger partial charge in [-0.25, -0.2) is 17.4 Å². The summed E-state index contributed by atoms with van der Waals surface area (Å²) in [5.41, 5.74) is 2.72. The monoisotopic (exact) mass is 557 g/mol. The molecule has 0 unspecified atom stereocenters. The highest BCUT2D eigenvalue weighted by molar-refractivity contribution is 7.89. The molecule has 0 N–H and O–H groups in total. The molecule has 0 atom stereocenters. The van der Waals surface area contributed by atoms with Crippen LogP contribution in [0.25, 0.3) is 23.0 Å². The van der Waals surface area contributed by atoms with Gasteiger partial charge in [0.05, 0.1) is 10.6 Å². The van der Waals surface area contributed by atoms with Gasteiger partial charge in [-0.05, 0) is 49.3 Å². The molecule has 0 radical (unpaired) electrons. The van der Waals surface area contributed by atoms with E-state index in [1.165, 1.54) is 20.2 Å². The molecule has 0 aliphatic carbocycles. The molecule has 206 valence electrons. The molecule has 0 spiro atoms. The molecule has 40 heavy (non-hydrogen) atoms. The predicted octanol–water partition coefficient (Wildman–Crippen LogP) is 4.57. The molecule has 1 aromatic heterocycles. The van der Waals surface area contributed by atoms with Crippen LogP contribution in [0.5, 0.6) is 0 Å². The lowest BCUT2D eigenvalue weighted by atomic mass is 9.93. The number of benzene rings is 2. The van der Waals surface area contributed by atoms with E-state index in [-0.39, 0.29) is 22.6 Å². The first-order chi connectivity index (χ1) is 19.1. The fourth-order valence-electron chi connectivity index (χ4n) is 4.45. The maximum absolute atomic E-state index is 13.6. The van der Waals surface area contributed by atoms with Gasteiger partial charge in [0.1, 0.15) is 17.3 Å². The third-order valence-corrected chi connectivity index (χ3v) is 8.57. The van der Waals surface area contributed by atoms with Crippen LogP contribution < -0.4 is 0 Å². The van der Waals surface area contributed by atoms with Crippen LogP contribution in [0.4, 0.5) is 0 Å². The Bertz CT molecular complexity index is 1660. The van der Waals surface area contributed by atoms with E-state index in [4.69, 9.17) is 5.10 Å². The van der Waals surface area contributed by atoms with E-state index in [1.54, 1.807) is 42.1 Å². The van der Waals surface area contributed by atoms with Crippen LogP contribution in [0.2, 0.25) is 0 Å². The molecule has 1 aliphatic heterocycles. The number of unbranched alkanes of at least 4 members (excludes halogenated alkanes) is 2. The summed E-state index contributed by atoms with van der Waals surface area (Å²) >= 11 is 0. The highest BCUT2D eigenvalue weighted by Gasteiger charge is 2.35. The lowest BCUT2D eigenvalue weighted by Gasteiger charge is -2.27. The van der Waals surface area contributed by atoms with Crippen molar-refractivity contribution in [1.29, 1.82) is 5.26 Å². The molecule has 10 heteroatoms. The zero-order chi connectivity index (χ0) is 29.0. The fraction of sp³-hybridized carbons (Fsp3) is 0.267. The van der Waals surface area contributed by atoms with Crippen molar-refractivity contribution in [2.24, 2.45) is 0 Å². The number of para-hydroxylation sites is 1. The highest BCUT2D eigenvalue weighted by atomic mass is 32.2. The molecule has 0 saturated heterocycles. The first-order valence-corrected chi connectivity index (χ1v) is 14.4. The van der Waals surface area contributed by atoms with E-state index in [1.807, 2.05) is 43.3 Å². The number of hydrogen-bond donors (Lipinski definition) is 0. The number of amides is 2. The van der Waals surface area contributed by atoms with Crippen molar-refractivity contribution in [3.63, 3.8) is 0 Å². The average Bonchev–Trinajstić information content (AvgIpc) is 3.38. The number of carbonyl (C=O) groups is 2. The van der Waals surface area contributed by atoms with E-state index in [0.717, 1.165) is 27.7 Å². The quantitative estimate of drug-likeness (QED) is 0.216. The van der Waals surface area contributed by atoms with Gasteiger partial charge in [0.25, 0.3) is 11.8 Å². The lowest BCUT2D eigenvalue weighted by molar-refractivity contribution is -0.140. The van der Waals surface area contributed by atoms with Crippen LogP contribution in [-0.2, 0) is 19.6 Å². The van der Waals surface area contributed by atoms with Crippen molar-refractivity contribution in [3.05, 3.63) is 83.1 Å². The van der Waals surface area contributed by atoms with Crippen molar-refractivity contribution < 1.29 is 18.0 Å². The SMILES string of the molecule is CCCCCN1C(=O)C(C#N)=C(C)/C(=C\c2cn(-c3ccccc3)nc2-c2cccc(S(=O)(=O)N(C)C)c2)C1=O. The van der Waals surface area contributed by atoms with Crippen LogP contribution in [0.3, 0.4) is 0 Å². The van der Waals surface area contributed by atoms with Gasteiger partial charge in [-0.15, -0.1) is 0 Å². The molecule has 2 aromatic carbocycles. The van der Waals surface area contributed by atoms with Crippen LogP contribution in [0.1, 0.15) is 38.7 Å². The van der Waals surface area contributed by atoms with E-state index >= 15 is 0 Å². The Labute approximate surface area is 234 Å². The Morgan fingerprint density at radius 1 is 1.02 bits per heavy atom. The number of rotatable bonds is 9. The zero-order valence-corrected chi connectivity index (χ0v) is 23.8. The molecule has 3 aromatic rings. The minimum absolute atomic E-state index is 0.0709. The summed E-state index contributed by atoms with van der Waals surface area (Å²) in [7, 11) is -0.775. The summed E-state index contributed by atoms with van der Waals surface area (Å²) in [4.78, 5) is 27.8. The second-order valence-electron chi connectivity index (χ2n) is 9.67. The van der Waals surface area contributed by atoms with Crippen LogP contribution in [0.15, 0.2) is 82.4 Å². The van der Waals surface area contributed by atoms with Gasteiger partial charge in [-0.1, -0.05) is 50.1 Å². The topological polar surface area (TPSA) is 116 Å². The molecular weight excluding hydrogens is 526 g/mol. The molecule has 9 nitrogen and oxygen atoms in total. The van der Waals surface area contributed by atoms with Crippen molar-refractivity contribution in [1.82, 2.24) is 19.0 Å². The molecule has 0 saturated carbocycles. The van der Waals surface area contributed by atoms with Crippen LogP contribution in [-0.4, -0.2) is 59.9 Å². The van der Waals surface area contributed by atoms with Crippen LogP contribution >= 0.6 is 0 Å². The van der Waals surface area contributed by atoms with Crippen molar-refractivity contribution in [2.75, 3.05) is 20.6 Å². The van der Waals surface area contributed by atoms with E-state index < -0.39 is 21.8 Å². The summed E-state index contributed by atoms with van der Waals surface area (Å²) in [5, 5.41) is 14.5. The number of hydrogen-bond acceptors (Lipinski definition) is 6. The molecule has 0 fully saturated rings. The summed E-state index contributed by atoms with van der Waals surface area (Å²) in [6.07, 6.45) is 5.78. The van der Waals surface area contributed by atoms with Gasteiger partial charge in [0, 0.05) is 43.5 Å². The van der Waals surface area contributed by atoms with E-state index in [2.05, 4.69) is 0 Å². The van der Waals surface area contributed by atoms with Crippen LogP contribution in [0, 0.1) is 11.3 Å². The molecule has 4 rings (SSSR count). The van der Waals surface area contributed by atoms with Gasteiger partial charge < -0.3 is 0 Å². The van der Waals surface area contributed by atoms with Gasteiger partial charge >= 0.3 is 0 Å². The number of imide groups is 1. The number of carbonyl (C=O) groups excluding carboxylic acids is 2. The molecule has 2 heterocycles. The number of sulfonamides is 1. The van der Waals surface area contributed by atoms with Crippen molar-refractivity contribution in [2.45, 2.75) is 38.0 Å². The minimum atomic E-state index is -3.70. The van der Waals surface area contributed by atoms with Gasteiger partial charge in [-0.2, -0.15) is 10.4 Å². The summed E-state index contributed by atoms with van der Waals surface area (Å²) in [6.45, 7) is 3.84. The third-order valence-electron chi connectivity index (χ3n) is 6.76. The molecule has 1 aliphatic rings. The second-order valence-corrected chi connectivity index (χ2v) is 11.8. The summed E-state index contributed by atoms with van der Waals surface area (Å²) in [6, 6.07) is 17.8. The minimum Gasteiger partial charge on any atom is -0.274 e. The Balaban J connectivity index is 1.91. The zero-order valence-electron chi connectivity index (χ0n) is 23.0. The first-order valence-electron chi connectivity index (χ1n) is 13.0.